The summed E-state index contributed by atoms with van der Waals surface area (Å²) in [4.78, 5) is 35.3. The molecule has 2 aliphatic heterocycles. The van der Waals surface area contributed by atoms with E-state index in [-0.39, 0.29) is 5.91 Å². The van der Waals surface area contributed by atoms with Crippen molar-refractivity contribution >= 4 is 39.9 Å². The lowest BCUT2D eigenvalue weighted by Crippen LogP contribution is -2.27. The first-order chi connectivity index (χ1) is 20.0. The second-order valence-corrected chi connectivity index (χ2v) is 10.5. The van der Waals surface area contributed by atoms with Crippen molar-refractivity contribution in [3.8, 4) is 11.5 Å². The largest absolute Gasteiger partial charge is 0.457 e. The number of carbonyl (C=O) groups is 1. The minimum absolute atomic E-state index is 0.0258. The lowest BCUT2D eigenvalue weighted by Gasteiger charge is -2.17. The Morgan fingerprint density at radius 1 is 1.05 bits per heavy atom. The summed E-state index contributed by atoms with van der Waals surface area (Å²) in [6.45, 7) is 3.67. The molecule has 7 rings (SSSR count). The minimum atomic E-state index is 0.0258. The smallest absolute Gasteiger partial charge is 0.255 e. The highest BCUT2D eigenvalue weighted by Gasteiger charge is 2.30. The quantitative estimate of drug-likeness (QED) is 0.303. The molecule has 11 nitrogen and oxygen atoms in total. The summed E-state index contributed by atoms with van der Waals surface area (Å²) in [6, 6.07) is 13.6. The third kappa shape index (κ3) is 4.84. The van der Waals surface area contributed by atoms with E-state index in [1.165, 1.54) is 19.1 Å². The van der Waals surface area contributed by atoms with Crippen LogP contribution in [-0.4, -0.2) is 66.5 Å². The van der Waals surface area contributed by atoms with Crippen molar-refractivity contribution in [2.24, 2.45) is 0 Å². The van der Waals surface area contributed by atoms with E-state index in [1.807, 2.05) is 55.6 Å². The van der Waals surface area contributed by atoms with E-state index in [4.69, 9.17) is 9.72 Å². The number of hydrogen-bond acceptors (Lipinski definition) is 9. The van der Waals surface area contributed by atoms with Crippen molar-refractivity contribution in [1.29, 1.82) is 0 Å². The van der Waals surface area contributed by atoms with Gasteiger partial charge in [0.25, 0.3) is 5.91 Å². The van der Waals surface area contributed by atoms with Crippen LogP contribution in [0.4, 0.5) is 17.3 Å². The van der Waals surface area contributed by atoms with Crippen LogP contribution in [0.25, 0.3) is 16.7 Å². The van der Waals surface area contributed by atoms with Gasteiger partial charge in [-0.1, -0.05) is 6.08 Å². The summed E-state index contributed by atoms with van der Waals surface area (Å²) in [7, 11) is 2.12. The normalized spacial score (nSPS) is 18.7. The molecule has 1 amide bonds. The number of benzene rings is 1. The summed E-state index contributed by atoms with van der Waals surface area (Å²) in [5.74, 6) is 2.60. The molecule has 0 aliphatic carbocycles. The third-order valence-corrected chi connectivity index (χ3v) is 7.76. The molecular formula is C30H29N9O2. The summed E-state index contributed by atoms with van der Waals surface area (Å²) in [5.41, 5.74) is 4.65. The number of anilines is 3. The Morgan fingerprint density at radius 3 is 2.83 bits per heavy atom. The molecule has 41 heavy (non-hydrogen) atoms. The number of likely N-dealkylation sites (tertiary alicyclic amines) is 1. The molecule has 1 aromatic carbocycles. The van der Waals surface area contributed by atoms with Crippen LogP contribution in [0.2, 0.25) is 0 Å². The average molecular weight is 548 g/mol. The standard InChI is InChI=1S/C30H29N9O2/c1-19-14-21(5-7-25(19)41-23-10-13-39-27(16-23)32-18-34-39)35-29-28-24(31-17-33-29)6-8-26(36-28)38-12-9-20(30(38)40)15-22-4-3-11-37(22)2/h5-8,10,13-18,22H,3-4,9,11-12H2,1-2H3,(H,31,33,35)/b20-15+/t22-/m0/s1. The van der Waals surface area contributed by atoms with E-state index in [0.29, 0.717) is 46.7 Å². The number of carbonyl (C=O) groups excluding carboxylic acids is 1. The van der Waals surface area contributed by atoms with Crippen LogP contribution in [0.3, 0.4) is 0 Å². The number of ether oxygens (including phenoxy) is 1. The Kier molecular flexibility index (Phi) is 6.27. The molecule has 0 bridgehead atoms. The van der Waals surface area contributed by atoms with Gasteiger partial charge in [0, 0.05) is 36.1 Å². The molecule has 2 saturated heterocycles. The average Bonchev–Trinajstić information content (AvgIpc) is 3.71. The first kappa shape index (κ1) is 25.1. The predicted octanol–water partition coefficient (Wildman–Crippen LogP) is 4.67. The van der Waals surface area contributed by atoms with Crippen LogP contribution < -0.4 is 15.0 Å². The van der Waals surface area contributed by atoms with Gasteiger partial charge in [-0.25, -0.2) is 24.5 Å². The maximum absolute atomic E-state index is 13.3. The molecule has 5 aromatic rings. The number of fused-ring (bicyclic) bond motifs is 2. The number of aryl methyl sites for hydroxylation is 1. The first-order valence-corrected chi connectivity index (χ1v) is 13.7. The third-order valence-electron chi connectivity index (χ3n) is 7.76. The van der Waals surface area contributed by atoms with Gasteiger partial charge < -0.3 is 10.1 Å². The molecule has 1 atom stereocenters. The van der Waals surface area contributed by atoms with Crippen molar-refractivity contribution in [3.63, 3.8) is 0 Å². The second-order valence-electron chi connectivity index (χ2n) is 10.5. The molecule has 11 heteroatoms. The summed E-state index contributed by atoms with van der Waals surface area (Å²) >= 11 is 0. The Balaban J connectivity index is 1.12. The van der Waals surface area contributed by atoms with E-state index < -0.39 is 0 Å². The van der Waals surface area contributed by atoms with E-state index >= 15 is 0 Å². The molecule has 0 spiro atoms. The second kappa shape index (κ2) is 10.3. The van der Waals surface area contributed by atoms with Crippen molar-refractivity contribution in [2.45, 2.75) is 32.2 Å². The molecule has 0 radical (unpaired) electrons. The molecule has 2 aliphatic rings. The van der Waals surface area contributed by atoms with Crippen molar-refractivity contribution in [3.05, 3.63) is 78.5 Å². The van der Waals surface area contributed by atoms with Crippen LogP contribution >= 0.6 is 0 Å². The van der Waals surface area contributed by atoms with Gasteiger partial charge in [-0.3, -0.25) is 14.6 Å². The maximum Gasteiger partial charge on any atom is 0.255 e. The van der Waals surface area contributed by atoms with Crippen LogP contribution in [0.1, 0.15) is 24.8 Å². The van der Waals surface area contributed by atoms with Crippen LogP contribution in [0.15, 0.2) is 73.0 Å². The number of nitrogens with zero attached hydrogens (tertiary/aromatic N) is 8. The van der Waals surface area contributed by atoms with Gasteiger partial charge in [0.2, 0.25) is 0 Å². The van der Waals surface area contributed by atoms with E-state index in [9.17, 15) is 4.79 Å². The van der Waals surface area contributed by atoms with E-state index in [1.54, 1.807) is 9.42 Å². The van der Waals surface area contributed by atoms with Gasteiger partial charge >= 0.3 is 0 Å². The highest BCUT2D eigenvalue weighted by Crippen LogP contribution is 2.32. The van der Waals surface area contributed by atoms with Gasteiger partial charge in [0.05, 0.1) is 5.52 Å². The molecule has 0 unspecified atom stereocenters. The molecule has 0 saturated carbocycles. The number of pyridine rings is 2. The summed E-state index contributed by atoms with van der Waals surface area (Å²) in [5, 5.41) is 7.50. The van der Waals surface area contributed by atoms with Gasteiger partial charge in [-0.2, -0.15) is 5.10 Å². The summed E-state index contributed by atoms with van der Waals surface area (Å²) in [6.07, 6.45) is 9.96. The fourth-order valence-corrected chi connectivity index (χ4v) is 5.50. The number of hydrogen-bond donors (Lipinski definition) is 1. The SMILES string of the molecule is Cc1cc(Nc2ncnc3ccc(N4CC/C(=C\[C@@H]5CCCN5C)C4=O)nc23)ccc1Oc1ccn2ncnc2c1. The monoisotopic (exact) mass is 547 g/mol. The van der Waals surface area contributed by atoms with Gasteiger partial charge in [-0.05, 0) is 81.7 Å². The highest BCUT2D eigenvalue weighted by molar-refractivity contribution is 6.08. The summed E-state index contributed by atoms with van der Waals surface area (Å²) < 4.78 is 7.79. The Labute approximate surface area is 236 Å². The van der Waals surface area contributed by atoms with Crippen LogP contribution in [-0.2, 0) is 4.79 Å². The zero-order valence-electron chi connectivity index (χ0n) is 22.9. The minimum Gasteiger partial charge on any atom is -0.457 e. The lowest BCUT2D eigenvalue weighted by molar-refractivity contribution is -0.114. The molecule has 6 heterocycles. The van der Waals surface area contributed by atoms with Crippen LogP contribution in [0.5, 0.6) is 11.5 Å². The highest BCUT2D eigenvalue weighted by atomic mass is 16.5. The van der Waals surface area contributed by atoms with Gasteiger partial charge in [0.15, 0.2) is 11.5 Å². The molecule has 2 fully saturated rings. The first-order valence-electron chi connectivity index (χ1n) is 13.7. The Hall–Kier alpha value is -4.90. The van der Waals surface area contributed by atoms with Gasteiger partial charge in [0.1, 0.15) is 35.5 Å². The number of rotatable bonds is 6. The lowest BCUT2D eigenvalue weighted by atomic mass is 10.1. The number of nitrogens with one attached hydrogen (secondary N) is 1. The van der Waals surface area contributed by atoms with E-state index in [2.05, 4.69) is 43.4 Å². The van der Waals surface area contributed by atoms with Gasteiger partial charge in [-0.15, -0.1) is 0 Å². The van der Waals surface area contributed by atoms with Crippen LogP contribution in [0, 0.1) is 6.92 Å². The predicted molar refractivity (Wildman–Crippen MR) is 156 cm³/mol. The zero-order valence-corrected chi connectivity index (χ0v) is 22.9. The fraction of sp³-hybridized carbons (Fsp3) is 0.267. The number of amides is 1. The number of likely N-dealkylation sites (N-methyl/N-ethyl adjacent to an activating group) is 1. The topological polar surface area (TPSA) is 114 Å². The molecule has 4 aromatic heterocycles. The zero-order chi connectivity index (χ0) is 27.9. The Morgan fingerprint density at radius 2 is 1.98 bits per heavy atom. The van der Waals surface area contributed by atoms with Crippen molar-refractivity contribution < 1.29 is 9.53 Å². The maximum atomic E-state index is 13.3. The molecule has 1 N–H and O–H groups in total. The van der Waals surface area contributed by atoms with E-state index in [0.717, 1.165) is 42.0 Å². The van der Waals surface area contributed by atoms with Crippen molar-refractivity contribution in [1.82, 2.24) is 34.4 Å². The fourth-order valence-electron chi connectivity index (χ4n) is 5.50. The molecular weight excluding hydrogens is 518 g/mol. The molecule has 206 valence electrons. The Bertz CT molecular complexity index is 1810. The van der Waals surface area contributed by atoms with Crippen molar-refractivity contribution in [2.75, 3.05) is 30.4 Å². The number of aromatic nitrogens is 6.